The lowest BCUT2D eigenvalue weighted by atomic mass is 10.1. The number of carbonyl (C=O) groups excluding carboxylic acids is 1. The molecule has 2 aromatic rings. The molecule has 0 atom stereocenters. The zero-order chi connectivity index (χ0) is 26.0. The second kappa shape index (κ2) is 10.8. The largest absolute Gasteiger partial charge is 0.378 e. The number of amides is 1. The fourth-order valence-corrected chi connectivity index (χ4v) is 7.91. The van der Waals surface area contributed by atoms with Crippen molar-refractivity contribution >= 4 is 47.8 Å². The SMILES string of the molecule is O=C(Nc1ncc(CN2CCS(=O)(=O)CC2)s1)C(=NN1CCOCC1)c1ccc(S(=O)(=O)C2CC2)cc1. The van der Waals surface area contributed by atoms with Crippen LogP contribution < -0.4 is 5.32 Å². The number of hydrogen-bond donors (Lipinski definition) is 1. The molecule has 3 heterocycles. The van der Waals surface area contributed by atoms with Crippen LogP contribution in [0.2, 0.25) is 0 Å². The van der Waals surface area contributed by atoms with Crippen LogP contribution >= 0.6 is 11.3 Å². The van der Waals surface area contributed by atoms with E-state index in [2.05, 4.69) is 20.3 Å². The molecule has 0 bridgehead atoms. The Balaban J connectivity index is 1.31. The summed E-state index contributed by atoms with van der Waals surface area (Å²) in [5.41, 5.74) is 0.667. The number of benzene rings is 1. The molecule has 0 spiro atoms. The molecule has 2 saturated heterocycles. The van der Waals surface area contributed by atoms with Gasteiger partial charge in [0.1, 0.15) is 0 Å². The lowest BCUT2D eigenvalue weighted by molar-refractivity contribution is -0.110. The number of nitrogens with one attached hydrogen (secondary N) is 1. The third kappa shape index (κ3) is 6.55. The standard InChI is InChI=1S/C23H29N5O6S3/c29-22(25-23-24-15-18(35-23)16-27-9-13-36(30,31)14-10-27)21(26-28-7-11-34-12-8-28)17-1-3-19(4-2-17)37(32,33)20-5-6-20/h1-4,15,20H,5-14,16H2,(H,24,25,29). The van der Waals surface area contributed by atoms with Crippen LogP contribution in [0.3, 0.4) is 0 Å². The molecule has 37 heavy (non-hydrogen) atoms. The first-order valence-electron chi connectivity index (χ1n) is 12.1. The summed E-state index contributed by atoms with van der Waals surface area (Å²) < 4.78 is 53.8. The van der Waals surface area contributed by atoms with E-state index in [9.17, 15) is 21.6 Å². The predicted molar refractivity (Wildman–Crippen MR) is 140 cm³/mol. The number of anilines is 1. The topological polar surface area (TPSA) is 138 Å². The predicted octanol–water partition coefficient (Wildman–Crippen LogP) is 0.985. The van der Waals surface area contributed by atoms with Crippen LogP contribution in [0.15, 0.2) is 40.5 Å². The van der Waals surface area contributed by atoms with Crippen molar-refractivity contribution in [3.05, 3.63) is 40.9 Å². The van der Waals surface area contributed by atoms with Crippen molar-refractivity contribution < 1.29 is 26.4 Å². The Bertz CT molecular complexity index is 1360. The van der Waals surface area contributed by atoms with Crippen molar-refractivity contribution in [3.8, 4) is 0 Å². The van der Waals surface area contributed by atoms with E-state index in [-0.39, 0.29) is 27.4 Å². The van der Waals surface area contributed by atoms with Gasteiger partial charge in [-0.3, -0.25) is 20.0 Å². The zero-order valence-electron chi connectivity index (χ0n) is 20.2. The minimum atomic E-state index is -3.33. The van der Waals surface area contributed by atoms with Gasteiger partial charge in [-0.15, -0.1) is 11.3 Å². The summed E-state index contributed by atoms with van der Waals surface area (Å²) in [5.74, 6) is -0.149. The Morgan fingerprint density at radius 2 is 1.78 bits per heavy atom. The van der Waals surface area contributed by atoms with Gasteiger partial charge in [-0.25, -0.2) is 21.8 Å². The molecular weight excluding hydrogens is 538 g/mol. The molecule has 1 N–H and O–H groups in total. The summed E-state index contributed by atoms with van der Waals surface area (Å²) in [6, 6.07) is 6.30. The molecule has 2 aliphatic heterocycles. The first kappa shape index (κ1) is 26.2. The van der Waals surface area contributed by atoms with Crippen molar-refractivity contribution in [1.29, 1.82) is 0 Å². The highest BCUT2D eigenvalue weighted by Gasteiger charge is 2.36. The highest BCUT2D eigenvalue weighted by molar-refractivity contribution is 7.92. The van der Waals surface area contributed by atoms with E-state index in [1.54, 1.807) is 23.3 Å². The van der Waals surface area contributed by atoms with Gasteiger partial charge in [0.25, 0.3) is 5.91 Å². The Kier molecular flexibility index (Phi) is 7.63. The van der Waals surface area contributed by atoms with Gasteiger partial charge >= 0.3 is 0 Å². The summed E-state index contributed by atoms with van der Waals surface area (Å²) in [6.45, 7) is 3.61. The Hall–Kier alpha value is -2.39. The molecule has 11 nitrogen and oxygen atoms in total. The van der Waals surface area contributed by atoms with E-state index < -0.39 is 25.6 Å². The van der Waals surface area contributed by atoms with Crippen LogP contribution in [-0.4, -0.2) is 99.5 Å². The minimum Gasteiger partial charge on any atom is -0.378 e. The number of sulfone groups is 2. The molecule has 3 aliphatic rings. The second-order valence-electron chi connectivity index (χ2n) is 9.30. The molecule has 3 fully saturated rings. The van der Waals surface area contributed by atoms with Gasteiger partial charge in [0.2, 0.25) is 0 Å². The third-order valence-corrected chi connectivity index (χ3v) is 11.2. The van der Waals surface area contributed by atoms with Crippen molar-refractivity contribution in [3.63, 3.8) is 0 Å². The molecule has 1 saturated carbocycles. The Morgan fingerprint density at radius 3 is 2.43 bits per heavy atom. The normalized spacial score (nSPS) is 21.1. The first-order valence-corrected chi connectivity index (χ1v) is 16.3. The van der Waals surface area contributed by atoms with Gasteiger partial charge in [0, 0.05) is 36.3 Å². The lowest BCUT2D eigenvalue weighted by Crippen LogP contribution is -2.39. The molecule has 1 amide bonds. The van der Waals surface area contributed by atoms with E-state index in [1.807, 2.05) is 0 Å². The van der Waals surface area contributed by atoms with Gasteiger partial charge < -0.3 is 4.74 Å². The lowest BCUT2D eigenvalue weighted by Gasteiger charge is -2.25. The second-order valence-corrected chi connectivity index (χ2v) is 14.9. The Morgan fingerprint density at radius 1 is 1.11 bits per heavy atom. The van der Waals surface area contributed by atoms with E-state index in [0.717, 1.165) is 4.88 Å². The van der Waals surface area contributed by atoms with Crippen molar-refractivity contribution in [2.24, 2.45) is 5.10 Å². The van der Waals surface area contributed by atoms with Gasteiger partial charge in [0.15, 0.2) is 30.5 Å². The smallest absolute Gasteiger partial charge is 0.278 e. The number of nitrogens with zero attached hydrogens (tertiary/aromatic N) is 4. The molecule has 200 valence electrons. The average Bonchev–Trinajstić information content (AvgIpc) is 3.66. The summed E-state index contributed by atoms with van der Waals surface area (Å²) in [4.78, 5) is 20.9. The molecule has 1 aliphatic carbocycles. The number of thiazole rings is 1. The first-order chi connectivity index (χ1) is 17.7. The molecule has 1 aromatic carbocycles. The maximum atomic E-state index is 13.3. The number of carbonyl (C=O) groups is 1. The Labute approximate surface area is 220 Å². The number of hydrazone groups is 1. The minimum absolute atomic E-state index is 0.150. The number of ether oxygens (including phenoxy) is 1. The summed E-state index contributed by atoms with van der Waals surface area (Å²) in [6.07, 6.45) is 3.05. The summed E-state index contributed by atoms with van der Waals surface area (Å²) in [5, 5.41) is 9.27. The quantitative estimate of drug-likeness (QED) is 0.463. The van der Waals surface area contributed by atoms with Crippen molar-refractivity contribution in [2.75, 3.05) is 56.2 Å². The monoisotopic (exact) mass is 567 g/mol. The van der Waals surface area contributed by atoms with E-state index in [0.29, 0.717) is 69.5 Å². The van der Waals surface area contributed by atoms with Gasteiger partial charge in [-0.1, -0.05) is 12.1 Å². The molecule has 14 heteroatoms. The molecule has 1 aromatic heterocycles. The van der Waals surface area contributed by atoms with Gasteiger partial charge in [0.05, 0.1) is 48.0 Å². The fraction of sp³-hybridized carbons (Fsp3) is 0.522. The molecule has 0 unspecified atom stereocenters. The number of rotatable bonds is 8. The molecule has 0 radical (unpaired) electrons. The van der Waals surface area contributed by atoms with Crippen LogP contribution in [0.5, 0.6) is 0 Å². The zero-order valence-corrected chi connectivity index (χ0v) is 22.7. The number of hydrogen-bond acceptors (Lipinski definition) is 11. The van der Waals surface area contributed by atoms with E-state index in [1.165, 1.54) is 23.5 Å². The maximum Gasteiger partial charge on any atom is 0.278 e. The molecular formula is C23H29N5O6S3. The third-order valence-electron chi connectivity index (χ3n) is 6.45. The highest BCUT2D eigenvalue weighted by Crippen LogP contribution is 2.33. The highest BCUT2D eigenvalue weighted by atomic mass is 32.2. The number of aromatic nitrogens is 1. The summed E-state index contributed by atoms with van der Waals surface area (Å²) in [7, 11) is -6.28. The van der Waals surface area contributed by atoms with E-state index >= 15 is 0 Å². The van der Waals surface area contributed by atoms with Gasteiger partial charge in [-0.05, 0) is 25.0 Å². The molecule has 5 rings (SSSR count). The van der Waals surface area contributed by atoms with Crippen LogP contribution in [0.25, 0.3) is 0 Å². The van der Waals surface area contributed by atoms with E-state index in [4.69, 9.17) is 4.74 Å². The average molecular weight is 568 g/mol. The van der Waals surface area contributed by atoms with Crippen molar-refractivity contribution in [1.82, 2.24) is 14.9 Å². The number of morpholine rings is 1. The van der Waals surface area contributed by atoms with Crippen LogP contribution in [0.1, 0.15) is 23.3 Å². The maximum absolute atomic E-state index is 13.3. The van der Waals surface area contributed by atoms with Crippen molar-refractivity contribution in [2.45, 2.75) is 29.5 Å². The summed E-state index contributed by atoms with van der Waals surface area (Å²) >= 11 is 1.33. The fourth-order valence-electron chi connectivity index (χ4n) is 4.13. The van der Waals surface area contributed by atoms with Gasteiger partial charge in [-0.2, -0.15) is 5.10 Å². The van der Waals surface area contributed by atoms with Crippen LogP contribution in [0.4, 0.5) is 5.13 Å². The van der Waals surface area contributed by atoms with Crippen LogP contribution in [-0.2, 0) is 35.8 Å². The van der Waals surface area contributed by atoms with Crippen LogP contribution in [0, 0.1) is 0 Å².